The number of amides is 2. The Morgan fingerprint density at radius 2 is 1.80 bits per heavy atom. The lowest BCUT2D eigenvalue weighted by atomic mass is 10.1. The summed E-state index contributed by atoms with van der Waals surface area (Å²) in [7, 11) is 0. The Balaban J connectivity index is 2.40. The molecular weight excluding hydrogens is 259 g/mol. The maximum absolute atomic E-state index is 12.7. The van der Waals surface area contributed by atoms with Crippen molar-refractivity contribution in [3.05, 3.63) is 41.7 Å². The summed E-state index contributed by atoms with van der Waals surface area (Å²) in [5.74, 6) is -0.954. The third-order valence-electron chi connectivity index (χ3n) is 2.23. The maximum Gasteiger partial charge on any atom is 0.244 e. The van der Waals surface area contributed by atoms with Crippen molar-refractivity contribution < 1.29 is 14.0 Å². The minimum absolute atomic E-state index is 0.0795. The monoisotopic (exact) mass is 278 g/mol. The molecular formula is C15H19FN2O2. The van der Waals surface area contributed by atoms with Crippen molar-refractivity contribution in [2.24, 2.45) is 0 Å². The van der Waals surface area contributed by atoms with Gasteiger partial charge in [0.2, 0.25) is 11.8 Å². The molecule has 0 bridgehead atoms. The van der Waals surface area contributed by atoms with Crippen LogP contribution in [0, 0.1) is 5.82 Å². The summed E-state index contributed by atoms with van der Waals surface area (Å²) in [5, 5.41) is 5.21. The van der Waals surface area contributed by atoms with Gasteiger partial charge >= 0.3 is 0 Å². The zero-order valence-electron chi connectivity index (χ0n) is 11.9. The highest BCUT2D eigenvalue weighted by atomic mass is 19.1. The van der Waals surface area contributed by atoms with Gasteiger partial charge in [0, 0.05) is 11.6 Å². The van der Waals surface area contributed by atoms with E-state index in [9.17, 15) is 14.0 Å². The summed E-state index contributed by atoms with van der Waals surface area (Å²) in [4.78, 5) is 23.0. The number of halogens is 1. The third kappa shape index (κ3) is 6.68. The molecule has 1 rings (SSSR count). The summed E-state index contributed by atoms with van der Waals surface area (Å²) < 4.78 is 12.7. The molecule has 0 unspecified atom stereocenters. The average molecular weight is 278 g/mol. The van der Waals surface area contributed by atoms with E-state index in [0.29, 0.717) is 5.56 Å². The fraction of sp³-hybridized carbons (Fsp3) is 0.333. The first kappa shape index (κ1) is 15.9. The van der Waals surface area contributed by atoms with Gasteiger partial charge in [0.15, 0.2) is 0 Å². The van der Waals surface area contributed by atoms with Crippen molar-refractivity contribution >= 4 is 17.9 Å². The quantitative estimate of drug-likeness (QED) is 0.826. The minimum atomic E-state index is -0.376. The fourth-order valence-electron chi connectivity index (χ4n) is 1.43. The molecule has 4 nitrogen and oxygen atoms in total. The van der Waals surface area contributed by atoms with Gasteiger partial charge in [0.05, 0.1) is 6.54 Å². The Morgan fingerprint density at radius 3 is 2.35 bits per heavy atom. The summed E-state index contributed by atoms with van der Waals surface area (Å²) in [6.45, 7) is 5.51. The molecule has 0 fully saturated rings. The number of rotatable bonds is 4. The second-order valence-corrected chi connectivity index (χ2v) is 5.40. The molecule has 0 aromatic heterocycles. The van der Waals surface area contributed by atoms with Gasteiger partial charge in [-0.15, -0.1) is 0 Å². The van der Waals surface area contributed by atoms with Gasteiger partial charge in [-0.05, 0) is 44.5 Å². The topological polar surface area (TPSA) is 58.2 Å². The maximum atomic E-state index is 12.7. The van der Waals surface area contributed by atoms with Crippen LogP contribution in [0.2, 0.25) is 0 Å². The Hall–Kier alpha value is -2.17. The molecule has 0 aliphatic carbocycles. The number of nitrogens with one attached hydrogen (secondary N) is 2. The molecule has 20 heavy (non-hydrogen) atoms. The molecule has 0 aliphatic heterocycles. The molecule has 1 aromatic carbocycles. The molecule has 5 heteroatoms. The highest BCUT2D eigenvalue weighted by molar-refractivity contribution is 5.94. The predicted octanol–water partition coefficient (Wildman–Crippen LogP) is 1.87. The first-order valence-electron chi connectivity index (χ1n) is 6.29. The van der Waals surface area contributed by atoms with E-state index >= 15 is 0 Å². The summed E-state index contributed by atoms with van der Waals surface area (Å²) in [6.07, 6.45) is 2.86. The van der Waals surface area contributed by atoms with Gasteiger partial charge in [-0.25, -0.2) is 4.39 Å². The van der Waals surface area contributed by atoms with E-state index < -0.39 is 0 Å². The Kier molecular flexibility index (Phi) is 5.43. The van der Waals surface area contributed by atoms with E-state index in [4.69, 9.17) is 0 Å². The molecule has 0 atom stereocenters. The Bertz CT molecular complexity index is 502. The predicted molar refractivity (Wildman–Crippen MR) is 76.3 cm³/mol. The van der Waals surface area contributed by atoms with Crippen LogP contribution in [-0.4, -0.2) is 23.9 Å². The summed E-state index contributed by atoms with van der Waals surface area (Å²) >= 11 is 0. The summed E-state index contributed by atoms with van der Waals surface area (Å²) in [6, 6.07) is 5.75. The van der Waals surface area contributed by atoms with Crippen LogP contribution in [0.25, 0.3) is 6.08 Å². The zero-order chi connectivity index (χ0) is 15.2. The van der Waals surface area contributed by atoms with Crippen LogP contribution in [0.15, 0.2) is 30.3 Å². The van der Waals surface area contributed by atoms with Gasteiger partial charge in [0.25, 0.3) is 0 Å². The van der Waals surface area contributed by atoms with Crippen molar-refractivity contribution in [2.75, 3.05) is 6.54 Å². The fourth-order valence-corrected chi connectivity index (χ4v) is 1.43. The molecule has 108 valence electrons. The van der Waals surface area contributed by atoms with Crippen LogP contribution in [0.4, 0.5) is 4.39 Å². The lowest BCUT2D eigenvalue weighted by Gasteiger charge is -2.20. The van der Waals surface area contributed by atoms with Crippen molar-refractivity contribution in [2.45, 2.75) is 26.3 Å². The molecule has 0 spiro atoms. The number of carbonyl (C=O) groups is 2. The van der Waals surface area contributed by atoms with Crippen molar-refractivity contribution in [1.82, 2.24) is 10.6 Å². The van der Waals surface area contributed by atoms with Gasteiger partial charge in [-0.2, -0.15) is 0 Å². The highest BCUT2D eigenvalue weighted by Gasteiger charge is 2.13. The second-order valence-electron chi connectivity index (χ2n) is 5.40. The van der Waals surface area contributed by atoms with E-state index in [0.717, 1.165) is 0 Å². The van der Waals surface area contributed by atoms with E-state index in [1.54, 1.807) is 18.2 Å². The van der Waals surface area contributed by atoms with E-state index in [-0.39, 0.29) is 29.7 Å². The van der Waals surface area contributed by atoms with Gasteiger partial charge in [-0.1, -0.05) is 12.1 Å². The number of hydrogen-bond donors (Lipinski definition) is 2. The normalized spacial score (nSPS) is 11.4. The van der Waals surface area contributed by atoms with E-state index in [2.05, 4.69) is 10.6 Å². The van der Waals surface area contributed by atoms with E-state index in [1.165, 1.54) is 18.2 Å². The molecule has 2 N–H and O–H groups in total. The number of carbonyl (C=O) groups excluding carboxylic acids is 2. The molecule has 2 amide bonds. The van der Waals surface area contributed by atoms with Crippen molar-refractivity contribution in [1.29, 1.82) is 0 Å². The Labute approximate surface area is 118 Å². The van der Waals surface area contributed by atoms with Crippen LogP contribution < -0.4 is 10.6 Å². The van der Waals surface area contributed by atoms with Crippen molar-refractivity contribution in [3.63, 3.8) is 0 Å². The molecule has 0 heterocycles. The average Bonchev–Trinajstić information content (AvgIpc) is 2.33. The Morgan fingerprint density at radius 1 is 1.20 bits per heavy atom. The van der Waals surface area contributed by atoms with Crippen LogP contribution in [-0.2, 0) is 9.59 Å². The molecule has 1 aromatic rings. The smallest absolute Gasteiger partial charge is 0.244 e. The number of benzene rings is 1. The molecule has 0 radical (unpaired) electrons. The van der Waals surface area contributed by atoms with Crippen LogP contribution in [0.1, 0.15) is 26.3 Å². The van der Waals surface area contributed by atoms with Gasteiger partial charge in [0.1, 0.15) is 5.82 Å². The lowest BCUT2D eigenvalue weighted by Crippen LogP contribution is -2.45. The standard InChI is InChI=1S/C15H19FN2O2/c1-15(2,3)18-14(20)10-17-13(19)9-6-11-4-7-12(16)8-5-11/h4-9H,10H2,1-3H3,(H,17,19)(H,18,20). The molecule has 0 saturated heterocycles. The van der Waals surface area contributed by atoms with Crippen LogP contribution in [0.5, 0.6) is 0 Å². The molecule has 0 saturated carbocycles. The number of hydrogen-bond acceptors (Lipinski definition) is 2. The van der Waals surface area contributed by atoms with Gasteiger partial charge < -0.3 is 10.6 Å². The highest BCUT2D eigenvalue weighted by Crippen LogP contribution is 2.04. The zero-order valence-corrected chi connectivity index (χ0v) is 11.9. The molecule has 0 aliphatic rings. The van der Waals surface area contributed by atoms with Crippen LogP contribution >= 0.6 is 0 Å². The first-order valence-corrected chi connectivity index (χ1v) is 6.29. The lowest BCUT2D eigenvalue weighted by molar-refractivity contribution is -0.124. The van der Waals surface area contributed by atoms with Gasteiger partial charge in [-0.3, -0.25) is 9.59 Å². The first-order chi connectivity index (χ1) is 9.26. The third-order valence-corrected chi connectivity index (χ3v) is 2.23. The minimum Gasteiger partial charge on any atom is -0.350 e. The van der Waals surface area contributed by atoms with E-state index in [1.807, 2.05) is 20.8 Å². The SMILES string of the molecule is CC(C)(C)NC(=O)CNC(=O)C=Cc1ccc(F)cc1. The summed E-state index contributed by atoms with van der Waals surface area (Å²) in [5.41, 5.74) is 0.381. The largest absolute Gasteiger partial charge is 0.350 e. The second kappa shape index (κ2) is 6.84. The van der Waals surface area contributed by atoms with Crippen molar-refractivity contribution in [3.8, 4) is 0 Å². The van der Waals surface area contributed by atoms with Crippen LogP contribution in [0.3, 0.4) is 0 Å².